The molecule has 0 bridgehead atoms. The summed E-state index contributed by atoms with van der Waals surface area (Å²) < 4.78 is 1.38. The summed E-state index contributed by atoms with van der Waals surface area (Å²) in [5, 5.41) is 13.5. The van der Waals surface area contributed by atoms with Crippen LogP contribution in [0.15, 0.2) is 42.6 Å². The van der Waals surface area contributed by atoms with Crippen LogP contribution in [0.25, 0.3) is 16.9 Å². The summed E-state index contributed by atoms with van der Waals surface area (Å²) >= 11 is 0. The molecule has 0 saturated heterocycles. The number of imidazole rings is 1. The molecule has 0 atom stereocenters. The molecule has 1 amide bonds. The molecule has 3 rings (SSSR count). The summed E-state index contributed by atoms with van der Waals surface area (Å²) in [5.74, 6) is -0.601. The molecule has 2 heterocycles. The zero-order valence-electron chi connectivity index (χ0n) is 10.3. The lowest BCUT2D eigenvalue weighted by atomic mass is 10.1. The van der Waals surface area contributed by atoms with Gasteiger partial charge in [-0.3, -0.25) is 4.79 Å². The van der Waals surface area contributed by atoms with Crippen molar-refractivity contribution in [3.8, 4) is 17.3 Å². The Hall–Kier alpha value is -3.20. The molecule has 0 radical (unpaired) electrons. The van der Waals surface area contributed by atoms with Crippen LogP contribution in [0.5, 0.6) is 0 Å². The maximum Gasteiger partial charge on any atom is 0.269 e. The quantitative estimate of drug-likeness (QED) is 0.754. The van der Waals surface area contributed by atoms with Crippen LogP contribution in [0.4, 0.5) is 0 Å². The fourth-order valence-corrected chi connectivity index (χ4v) is 1.99. The Kier molecular flexibility index (Phi) is 2.66. The smallest absolute Gasteiger partial charge is 0.269 e. The molecule has 0 spiro atoms. The Morgan fingerprint density at radius 3 is 2.80 bits per heavy atom. The van der Waals surface area contributed by atoms with E-state index in [-0.39, 0.29) is 5.69 Å². The Morgan fingerprint density at radius 2 is 2.05 bits per heavy atom. The minimum absolute atomic E-state index is 0.205. The Bertz CT molecular complexity index is 859. The minimum atomic E-state index is -0.601. The van der Waals surface area contributed by atoms with E-state index in [4.69, 9.17) is 11.0 Å². The number of benzene rings is 1. The second-order valence-corrected chi connectivity index (χ2v) is 4.15. The molecule has 96 valence electrons. The zero-order valence-corrected chi connectivity index (χ0v) is 10.3. The normalized spacial score (nSPS) is 10.3. The number of hydrogen-bond acceptors (Lipinski definition) is 4. The standard InChI is InChI=1S/C14H9N5O/c15-7-9-3-1-2-4-10(9)11-5-6-13-17-8-12(14(16)20)19(13)18-11/h1-6,8H,(H2,16,20). The average Bonchev–Trinajstić information content (AvgIpc) is 2.90. The van der Waals surface area contributed by atoms with E-state index in [0.717, 1.165) is 0 Å². The number of nitriles is 1. The molecule has 3 aromatic rings. The van der Waals surface area contributed by atoms with E-state index < -0.39 is 5.91 Å². The van der Waals surface area contributed by atoms with Gasteiger partial charge in [0.2, 0.25) is 0 Å². The number of carbonyl (C=O) groups excluding carboxylic acids is 1. The first kappa shape index (κ1) is 11.9. The molecule has 6 heteroatoms. The largest absolute Gasteiger partial charge is 0.364 e. The van der Waals surface area contributed by atoms with Crippen molar-refractivity contribution in [3.05, 3.63) is 53.9 Å². The molecular formula is C14H9N5O. The molecule has 2 aromatic heterocycles. The lowest BCUT2D eigenvalue weighted by molar-refractivity contribution is 0.0993. The van der Waals surface area contributed by atoms with Gasteiger partial charge in [0.25, 0.3) is 5.91 Å². The van der Waals surface area contributed by atoms with Gasteiger partial charge in [0.05, 0.1) is 23.5 Å². The van der Waals surface area contributed by atoms with Gasteiger partial charge in [0.15, 0.2) is 5.65 Å². The molecule has 0 unspecified atom stereocenters. The summed E-state index contributed by atoms with van der Waals surface area (Å²) in [6.07, 6.45) is 1.38. The van der Waals surface area contributed by atoms with Gasteiger partial charge in [-0.1, -0.05) is 18.2 Å². The third-order valence-electron chi connectivity index (χ3n) is 2.94. The van der Waals surface area contributed by atoms with Crippen LogP contribution < -0.4 is 5.73 Å². The number of carbonyl (C=O) groups is 1. The predicted molar refractivity (Wildman–Crippen MR) is 71.7 cm³/mol. The van der Waals surface area contributed by atoms with Crippen LogP contribution in [-0.2, 0) is 0 Å². The second-order valence-electron chi connectivity index (χ2n) is 4.15. The molecule has 6 nitrogen and oxygen atoms in total. The van der Waals surface area contributed by atoms with Crippen LogP contribution in [0.1, 0.15) is 16.1 Å². The molecule has 1 aromatic carbocycles. The number of rotatable bonds is 2. The molecule has 0 aliphatic rings. The van der Waals surface area contributed by atoms with Gasteiger partial charge in [-0.05, 0) is 18.2 Å². The maximum absolute atomic E-state index is 11.3. The van der Waals surface area contributed by atoms with Crippen LogP contribution in [0, 0.1) is 11.3 Å². The second kappa shape index (κ2) is 4.48. The number of aromatic nitrogens is 3. The third-order valence-corrected chi connectivity index (χ3v) is 2.94. The molecule has 2 N–H and O–H groups in total. The van der Waals surface area contributed by atoms with Crippen molar-refractivity contribution in [1.82, 2.24) is 14.6 Å². The van der Waals surface area contributed by atoms with E-state index in [9.17, 15) is 4.79 Å². The summed E-state index contributed by atoms with van der Waals surface area (Å²) in [6.45, 7) is 0. The summed E-state index contributed by atoms with van der Waals surface area (Å²) in [6, 6.07) is 12.7. The third kappa shape index (κ3) is 1.78. The summed E-state index contributed by atoms with van der Waals surface area (Å²) in [7, 11) is 0. The van der Waals surface area contributed by atoms with E-state index in [2.05, 4.69) is 16.2 Å². The highest BCUT2D eigenvalue weighted by Crippen LogP contribution is 2.21. The molecule has 0 aliphatic heterocycles. The molecule has 0 fully saturated rings. The Morgan fingerprint density at radius 1 is 1.25 bits per heavy atom. The zero-order chi connectivity index (χ0) is 14.1. The number of primary amides is 1. The van der Waals surface area contributed by atoms with E-state index >= 15 is 0 Å². The molecule has 0 saturated carbocycles. The average molecular weight is 263 g/mol. The minimum Gasteiger partial charge on any atom is -0.364 e. The predicted octanol–water partition coefficient (Wildman–Crippen LogP) is 1.37. The van der Waals surface area contributed by atoms with Gasteiger partial charge in [-0.2, -0.15) is 10.4 Å². The van der Waals surface area contributed by atoms with Crippen molar-refractivity contribution >= 4 is 11.6 Å². The van der Waals surface area contributed by atoms with E-state index in [0.29, 0.717) is 22.5 Å². The first-order valence-corrected chi connectivity index (χ1v) is 5.85. The first-order valence-electron chi connectivity index (χ1n) is 5.85. The highest BCUT2D eigenvalue weighted by molar-refractivity contribution is 5.91. The van der Waals surface area contributed by atoms with E-state index in [1.165, 1.54) is 10.7 Å². The van der Waals surface area contributed by atoms with Crippen LogP contribution in [0.2, 0.25) is 0 Å². The van der Waals surface area contributed by atoms with Gasteiger partial charge in [-0.15, -0.1) is 0 Å². The lowest BCUT2D eigenvalue weighted by Crippen LogP contribution is -2.15. The monoisotopic (exact) mass is 263 g/mol. The van der Waals surface area contributed by atoms with Crippen molar-refractivity contribution in [2.75, 3.05) is 0 Å². The van der Waals surface area contributed by atoms with Gasteiger partial charge in [0.1, 0.15) is 5.69 Å². The highest BCUT2D eigenvalue weighted by Gasteiger charge is 2.12. The van der Waals surface area contributed by atoms with Gasteiger partial charge >= 0.3 is 0 Å². The van der Waals surface area contributed by atoms with Crippen LogP contribution in [-0.4, -0.2) is 20.5 Å². The molecule has 20 heavy (non-hydrogen) atoms. The van der Waals surface area contributed by atoms with E-state index in [1.807, 2.05) is 6.07 Å². The van der Waals surface area contributed by atoms with Crippen molar-refractivity contribution in [3.63, 3.8) is 0 Å². The lowest BCUT2D eigenvalue weighted by Gasteiger charge is -2.04. The summed E-state index contributed by atoms with van der Waals surface area (Å²) in [5.41, 5.74) is 7.80. The van der Waals surface area contributed by atoms with Crippen molar-refractivity contribution in [1.29, 1.82) is 5.26 Å². The van der Waals surface area contributed by atoms with Crippen molar-refractivity contribution < 1.29 is 4.79 Å². The summed E-state index contributed by atoms with van der Waals surface area (Å²) in [4.78, 5) is 15.4. The Balaban J connectivity index is 2.25. The maximum atomic E-state index is 11.3. The van der Waals surface area contributed by atoms with Gasteiger partial charge < -0.3 is 5.73 Å². The molecular weight excluding hydrogens is 254 g/mol. The fourth-order valence-electron chi connectivity index (χ4n) is 1.99. The molecule has 0 aliphatic carbocycles. The number of nitrogens with zero attached hydrogens (tertiary/aromatic N) is 4. The van der Waals surface area contributed by atoms with Crippen LogP contribution in [0.3, 0.4) is 0 Å². The first-order chi connectivity index (χ1) is 9.70. The number of fused-ring (bicyclic) bond motifs is 1. The van der Waals surface area contributed by atoms with Gasteiger partial charge in [0, 0.05) is 5.56 Å². The SMILES string of the molecule is N#Cc1ccccc1-c1ccc2ncc(C(N)=O)n2n1. The fraction of sp³-hybridized carbons (Fsp3) is 0. The Labute approximate surface area is 114 Å². The van der Waals surface area contributed by atoms with Crippen molar-refractivity contribution in [2.24, 2.45) is 5.73 Å². The number of nitrogens with two attached hydrogens (primary N) is 1. The van der Waals surface area contributed by atoms with Crippen LogP contribution >= 0.6 is 0 Å². The number of hydrogen-bond donors (Lipinski definition) is 1. The topological polar surface area (TPSA) is 97.1 Å². The van der Waals surface area contributed by atoms with E-state index in [1.54, 1.807) is 30.3 Å². The van der Waals surface area contributed by atoms with Crippen molar-refractivity contribution in [2.45, 2.75) is 0 Å². The highest BCUT2D eigenvalue weighted by atomic mass is 16.1. The van der Waals surface area contributed by atoms with Gasteiger partial charge in [-0.25, -0.2) is 9.50 Å². The number of amides is 1.